The molecule has 0 spiro atoms. The third kappa shape index (κ3) is 9.23. The van der Waals surface area contributed by atoms with E-state index in [2.05, 4.69) is 5.32 Å². The van der Waals surface area contributed by atoms with E-state index in [0.29, 0.717) is 51.6 Å². The Morgan fingerprint density at radius 3 is 2.37 bits per heavy atom. The zero-order valence-electron chi connectivity index (χ0n) is 20.7. The van der Waals surface area contributed by atoms with Crippen molar-refractivity contribution in [2.24, 2.45) is 5.92 Å². The highest BCUT2D eigenvalue weighted by atomic mass is 16.7. The number of carbonyl (C=O) groups excluding carboxylic acids is 2. The Bertz CT molecular complexity index is 797. The average Bonchev–Trinajstić information content (AvgIpc) is 2.88. The van der Waals surface area contributed by atoms with Crippen LogP contribution in [0, 0.1) is 5.92 Å². The number of ether oxygens (including phenoxy) is 6. The standard InChI is InChI=1S/C25H37NO9/c1-4-34-25-20(9-12-32-15-16-33-14-11-27)21(17-22(35-25)23(28)26-10-13-30-2)18-5-7-19(8-6-18)24(29)31-3/h5-8,17,20-21,25,27H,4,9-16H2,1-3H3,(H,26,28)/t20-,21-,25-/m0/s1. The predicted molar refractivity (Wildman–Crippen MR) is 127 cm³/mol. The number of aliphatic hydroxyl groups excluding tert-OH is 1. The van der Waals surface area contributed by atoms with Gasteiger partial charge in [-0.2, -0.15) is 0 Å². The molecule has 3 atom stereocenters. The van der Waals surface area contributed by atoms with Crippen molar-refractivity contribution in [1.29, 1.82) is 0 Å². The van der Waals surface area contributed by atoms with E-state index in [1.165, 1.54) is 7.11 Å². The molecule has 0 saturated carbocycles. The molecular weight excluding hydrogens is 458 g/mol. The lowest BCUT2D eigenvalue weighted by Crippen LogP contribution is -2.40. The fraction of sp³-hybridized carbons (Fsp3) is 0.600. The van der Waals surface area contributed by atoms with E-state index in [1.807, 2.05) is 19.1 Å². The Labute approximate surface area is 206 Å². The van der Waals surface area contributed by atoms with Gasteiger partial charge in [0.05, 0.1) is 45.7 Å². The van der Waals surface area contributed by atoms with Crippen LogP contribution in [0.25, 0.3) is 0 Å². The van der Waals surface area contributed by atoms with Crippen LogP contribution in [-0.2, 0) is 33.2 Å². The first kappa shape index (κ1) is 28.7. The maximum Gasteiger partial charge on any atom is 0.337 e. The highest BCUT2D eigenvalue weighted by Gasteiger charge is 2.38. The number of benzene rings is 1. The Morgan fingerprint density at radius 1 is 1.03 bits per heavy atom. The van der Waals surface area contributed by atoms with E-state index in [1.54, 1.807) is 25.3 Å². The minimum atomic E-state index is -0.660. The normalized spacial score (nSPS) is 19.5. The number of nitrogens with one attached hydrogen (secondary N) is 1. The lowest BCUT2D eigenvalue weighted by molar-refractivity contribution is -0.168. The number of carbonyl (C=O) groups is 2. The molecule has 35 heavy (non-hydrogen) atoms. The quantitative estimate of drug-likeness (QED) is 0.260. The Kier molecular flexibility index (Phi) is 13.3. The van der Waals surface area contributed by atoms with Gasteiger partial charge in [-0.1, -0.05) is 12.1 Å². The Morgan fingerprint density at radius 2 is 1.74 bits per heavy atom. The molecule has 1 aliphatic heterocycles. The fourth-order valence-electron chi connectivity index (χ4n) is 3.74. The summed E-state index contributed by atoms with van der Waals surface area (Å²) in [5.41, 5.74) is 1.35. The van der Waals surface area contributed by atoms with E-state index >= 15 is 0 Å². The van der Waals surface area contributed by atoms with Gasteiger partial charge in [0.25, 0.3) is 5.91 Å². The summed E-state index contributed by atoms with van der Waals surface area (Å²) >= 11 is 0. The molecule has 0 aliphatic carbocycles. The van der Waals surface area contributed by atoms with Crippen LogP contribution in [0.1, 0.15) is 35.2 Å². The summed E-state index contributed by atoms with van der Waals surface area (Å²) in [6.07, 6.45) is 1.73. The van der Waals surface area contributed by atoms with Gasteiger partial charge in [-0.3, -0.25) is 4.79 Å². The number of hydrogen-bond donors (Lipinski definition) is 2. The lowest BCUT2D eigenvalue weighted by Gasteiger charge is -2.37. The molecule has 1 aromatic carbocycles. The molecule has 1 aromatic rings. The highest BCUT2D eigenvalue weighted by Crippen LogP contribution is 2.39. The van der Waals surface area contributed by atoms with Crippen LogP contribution in [-0.4, -0.2) is 90.3 Å². The maximum atomic E-state index is 12.7. The van der Waals surface area contributed by atoms with E-state index in [4.69, 9.17) is 33.5 Å². The van der Waals surface area contributed by atoms with Gasteiger partial charge < -0.3 is 38.8 Å². The van der Waals surface area contributed by atoms with Gasteiger partial charge in [0, 0.05) is 38.7 Å². The number of esters is 1. The van der Waals surface area contributed by atoms with Crippen LogP contribution in [0.4, 0.5) is 0 Å². The van der Waals surface area contributed by atoms with Gasteiger partial charge in [-0.25, -0.2) is 4.79 Å². The van der Waals surface area contributed by atoms with E-state index < -0.39 is 12.3 Å². The van der Waals surface area contributed by atoms with Crippen molar-refractivity contribution in [3.63, 3.8) is 0 Å². The largest absolute Gasteiger partial charge is 0.465 e. The van der Waals surface area contributed by atoms with E-state index in [9.17, 15) is 9.59 Å². The number of allylic oxidation sites excluding steroid dienone is 1. The monoisotopic (exact) mass is 495 g/mol. The number of hydrogen-bond acceptors (Lipinski definition) is 9. The van der Waals surface area contributed by atoms with Gasteiger partial charge in [0.15, 0.2) is 5.76 Å². The topological polar surface area (TPSA) is 122 Å². The molecule has 2 rings (SSSR count). The summed E-state index contributed by atoms with van der Waals surface area (Å²) in [7, 11) is 2.90. The van der Waals surface area contributed by atoms with Crippen LogP contribution in [0.5, 0.6) is 0 Å². The van der Waals surface area contributed by atoms with Crippen LogP contribution in [0.15, 0.2) is 36.1 Å². The second-order valence-electron chi connectivity index (χ2n) is 7.76. The number of rotatable bonds is 16. The molecule has 0 unspecified atom stereocenters. The van der Waals surface area contributed by atoms with Crippen LogP contribution >= 0.6 is 0 Å². The fourth-order valence-corrected chi connectivity index (χ4v) is 3.74. The molecule has 2 N–H and O–H groups in total. The van der Waals surface area contributed by atoms with E-state index in [0.717, 1.165) is 5.56 Å². The second kappa shape index (κ2) is 16.2. The van der Waals surface area contributed by atoms with Crippen molar-refractivity contribution in [3.05, 3.63) is 47.2 Å². The minimum Gasteiger partial charge on any atom is -0.465 e. The molecule has 0 bridgehead atoms. The summed E-state index contributed by atoms with van der Waals surface area (Å²) in [4.78, 5) is 24.6. The summed E-state index contributed by atoms with van der Waals surface area (Å²) in [6.45, 7) is 4.47. The Balaban J connectivity index is 2.23. The van der Waals surface area contributed by atoms with Gasteiger partial charge in [0.1, 0.15) is 0 Å². The lowest BCUT2D eigenvalue weighted by atomic mass is 9.81. The minimum absolute atomic E-state index is 0.0282. The Hall–Kier alpha value is -2.50. The molecule has 0 fully saturated rings. The first-order chi connectivity index (χ1) is 17.0. The second-order valence-corrected chi connectivity index (χ2v) is 7.76. The number of methoxy groups -OCH3 is 2. The number of aliphatic hydroxyl groups is 1. The molecule has 196 valence electrons. The van der Waals surface area contributed by atoms with Crippen LogP contribution < -0.4 is 5.32 Å². The molecule has 1 aliphatic rings. The summed E-state index contributed by atoms with van der Waals surface area (Å²) in [6, 6.07) is 7.09. The zero-order valence-corrected chi connectivity index (χ0v) is 20.7. The van der Waals surface area contributed by atoms with Gasteiger partial charge >= 0.3 is 5.97 Å². The smallest absolute Gasteiger partial charge is 0.337 e. The maximum absolute atomic E-state index is 12.7. The predicted octanol–water partition coefficient (Wildman–Crippen LogP) is 1.63. The van der Waals surface area contributed by atoms with Crippen LogP contribution in [0.3, 0.4) is 0 Å². The van der Waals surface area contributed by atoms with E-state index in [-0.39, 0.29) is 36.7 Å². The molecule has 0 radical (unpaired) electrons. The van der Waals surface area contributed by atoms with Gasteiger partial charge in [-0.05, 0) is 37.1 Å². The van der Waals surface area contributed by atoms with Crippen molar-refractivity contribution in [2.45, 2.75) is 25.6 Å². The van der Waals surface area contributed by atoms with Crippen molar-refractivity contribution in [1.82, 2.24) is 5.32 Å². The SMILES string of the molecule is CCO[C@H]1OC(C(=O)NCCOC)=C[C@@H](c2ccc(C(=O)OC)cc2)[C@@H]1CCOCCOCCO. The third-order valence-corrected chi connectivity index (χ3v) is 5.45. The first-order valence-electron chi connectivity index (χ1n) is 11.8. The highest BCUT2D eigenvalue weighted by molar-refractivity contribution is 5.92. The van der Waals surface area contributed by atoms with Crippen molar-refractivity contribution in [3.8, 4) is 0 Å². The van der Waals surface area contributed by atoms with Crippen LogP contribution in [0.2, 0.25) is 0 Å². The molecule has 1 heterocycles. The molecule has 10 nitrogen and oxygen atoms in total. The summed E-state index contributed by atoms with van der Waals surface area (Å²) in [5.74, 6) is -0.954. The van der Waals surface area contributed by atoms with Crippen molar-refractivity contribution < 1.29 is 43.1 Å². The third-order valence-electron chi connectivity index (χ3n) is 5.45. The van der Waals surface area contributed by atoms with Crippen molar-refractivity contribution >= 4 is 11.9 Å². The molecule has 0 saturated heterocycles. The first-order valence-corrected chi connectivity index (χ1v) is 11.8. The molecular formula is C25H37NO9. The zero-order chi connectivity index (χ0) is 25.5. The average molecular weight is 496 g/mol. The van der Waals surface area contributed by atoms with Crippen molar-refractivity contribution in [2.75, 3.05) is 67.0 Å². The summed E-state index contributed by atoms with van der Waals surface area (Å²) in [5, 5.41) is 11.6. The summed E-state index contributed by atoms with van der Waals surface area (Å²) < 4.78 is 32.6. The van der Waals surface area contributed by atoms with Gasteiger partial charge in [-0.15, -0.1) is 0 Å². The molecule has 10 heteroatoms. The molecule has 0 aromatic heterocycles. The molecule has 1 amide bonds. The van der Waals surface area contributed by atoms with Gasteiger partial charge in [0.2, 0.25) is 6.29 Å². The number of amides is 1.